The van der Waals surface area contributed by atoms with Crippen molar-refractivity contribution in [3.8, 4) is 0 Å². The lowest BCUT2D eigenvalue weighted by Crippen LogP contribution is -2.42. The molecule has 6 nitrogen and oxygen atoms in total. The molecule has 1 saturated carbocycles. The molecule has 1 saturated heterocycles. The molecule has 1 aromatic carbocycles. The zero-order chi connectivity index (χ0) is 22.4. The van der Waals surface area contributed by atoms with E-state index in [1.165, 1.54) is 0 Å². The predicted octanol–water partition coefficient (Wildman–Crippen LogP) is 4.55. The van der Waals surface area contributed by atoms with E-state index >= 15 is 0 Å². The van der Waals surface area contributed by atoms with Crippen LogP contribution in [-0.4, -0.2) is 47.1 Å². The fourth-order valence-corrected chi connectivity index (χ4v) is 5.07. The standard InChI is InChI=1S/C23H25Cl2N3O3/c1-22(2,3)31-21(30)28-11-16-17(12-28)23(16,19-6-4-5-9-26-19)13-27-20(29)15-8-7-14(24)10-18(15)25/h4-10,16-17H,11-13H2,1-3H3,(H,27,29). The molecule has 2 amide bonds. The van der Waals surface area contributed by atoms with Gasteiger partial charge >= 0.3 is 6.09 Å². The van der Waals surface area contributed by atoms with Crippen LogP contribution in [0.25, 0.3) is 0 Å². The molecule has 0 spiro atoms. The molecule has 2 atom stereocenters. The van der Waals surface area contributed by atoms with Crippen molar-refractivity contribution < 1.29 is 14.3 Å². The maximum Gasteiger partial charge on any atom is 0.410 e. The first-order valence-electron chi connectivity index (χ1n) is 10.2. The molecule has 2 fully saturated rings. The molecule has 4 rings (SSSR count). The number of aromatic nitrogens is 1. The molecule has 1 aliphatic carbocycles. The summed E-state index contributed by atoms with van der Waals surface area (Å²) < 4.78 is 5.52. The normalized spacial score (nSPS) is 24.5. The number of carbonyl (C=O) groups is 2. The number of nitrogens with one attached hydrogen (secondary N) is 1. The maximum absolute atomic E-state index is 12.8. The molecule has 0 bridgehead atoms. The van der Waals surface area contributed by atoms with Crippen LogP contribution in [0.2, 0.25) is 10.0 Å². The summed E-state index contributed by atoms with van der Waals surface area (Å²) in [4.78, 5) is 31.6. The third kappa shape index (κ3) is 4.23. The molecule has 31 heavy (non-hydrogen) atoms. The van der Waals surface area contributed by atoms with Gasteiger partial charge in [-0.15, -0.1) is 0 Å². The van der Waals surface area contributed by atoms with Crippen LogP contribution in [-0.2, 0) is 10.2 Å². The second-order valence-corrected chi connectivity index (χ2v) is 10.0. The molecule has 8 heteroatoms. The number of halogens is 2. The Morgan fingerprint density at radius 1 is 1.19 bits per heavy atom. The van der Waals surface area contributed by atoms with E-state index < -0.39 is 5.60 Å². The van der Waals surface area contributed by atoms with Crippen molar-refractivity contribution in [3.63, 3.8) is 0 Å². The highest BCUT2D eigenvalue weighted by Crippen LogP contribution is 2.62. The fraction of sp³-hybridized carbons (Fsp3) is 0.435. The van der Waals surface area contributed by atoms with E-state index in [-0.39, 0.29) is 29.3 Å². The van der Waals surface area contributed by atoms with Crippen LogP contribution in [0.4, 0.5) is 4.79 Å². The van der Waals surface area contributed by atoms with E-state index in [0.717, 1.165) is 5.69 Å². The minimum atomic E-state index is -0.534. The predicted molar refractivity (Wildman–Crippen MR) is 119 cm³/mol. The van der Waals surface area contributed by atoms with Crippen molar-refractivity contribution >= 4 is 35.2 Å². The minimum absolute atomic E-state index is 0.205. The minimum Gasteiger partial charge on any atom is -0.444 e. The largest absolute Gasteiger partial charge is 0.444 e. The number of rotatable bonds is 4. The van der Waals surface area contributed by atoms with Gasteiger partial charge in [0.05, 0.1) is 10.6 Å². The van der Waals surface area contributed by atoms with E-state index in [0.29, 0.717) is 35.2 Å². The van der Waals surface area contributed by atoms with E-state index in [9.17, 15) is 9.59 Å². The second-order valence-electron chi connectivity index (χ2n) is 9.16. The summed E-state index contributed by atoms with van der Waals surface area (Å²) >= 11 is 12.1. The van der Waals surface area contributed by atoms with Gasteiger partial charge in [0.2, 0.25) is 0 Å². The first-order chi connectivity index (χ1) is 14.6. The van der Waals surface area contributed by atoms with Crippen molar-refractivity contribution in [2.24, 2.45) is 11.8 Å². The number of pyridine rings is 1. The third-order valence-corrected chi connectivity index (χ3v) is 6.59. The quantitative estimate of drug-likeness (QED) is 0.724. The van der Waals surface area contributed by atoms with Gasteiger partial charge in [0.15, 0.2) is 0 Å². The number of hydrogen-bond donors (Lipinski definition) is 1. The van der Waals surface area contributed by atoms with Crippen molar-refractivity contribution in [1.82, 2.24) is 15.2 Å². The Labute approximate surface area is 191 Å². The number of likely N-dealkylation sites (tertiary alicyclic amines) is 1. The summed E-state index contributed by atoms with van der Waals surface area (Å²) in [7, 11) is 0. The Hall–Kier alpha value is -2.31. The molecular weight excluding hydrogens is 437 g/mol. The summed E-state index contributed by atoms with van der Waals surface area (Å²) in [6.45, 7) is 7.15. The number of nitrogens with zero attached hydrogens (tertiary/aromatic N) is 2. The van der Waals surface area contributed by atoms with Crippen LogP contribution >= 0.6 is 23.2 Å². The second kappa shape index (κ2) is 7.99. The average molecular weight is 462 g/mol. The van der Waals surface area contributed by atoms with Crippen LogP contribution in [0.15, 0.2) is 42.6 Å². The fourth-order valence-electron chi connectivity index (χ4n) is 4.58. The summed E-state index contributed by atoms with van der Waals surface area (Å²) in [5.41, 5.74) is 0.460. The molecule has 2 heterocycles. The van der Waals surface area contributed by atoms with Crippen LogP contribution in [0, 0.1) is 11.8 Å². The smallest absolute Gasteiger partial charge is 0.410 e. The maximum atomic E-state index is 12.8. The van der Waals surface area contributed by atoms with E-state index in [4.69, 9.17) is 27.9 Å². The molecule has 0 radical (unpaired) electrons. The van der Waals surface area contributed by atoms with Crippen LogP contribution in [0.5, 0.6) is 0 Å². The highest BCUT2D eigenvalue weighted by Gasteiger charge is 2.70. The van der Waals surface area contributed by atoms with Crippen molar-refractivity contribution in [2.45, 2.75) is 31.8 Å². The molecule has 1 aliphatic heterocycles. The first kappa shape index (κ1) is 21.9. The van der Waals surface area contributed by atoms with Gasteiger partial charge in [0.25, 0.3) is 5.91 Å². The van der Waals surface area contributed by atoms with Crippen LogP contribution in [0.1, 0.15) is 36.8 Å². The Kier molecular flexibility index (Phi) is 5.64. The zero-order valence-corrected chi connectivity index (χ0v) is 19.2. The van der Waals surface area contributed by atoms with Crippen molar-refractivity contribution in [2.75, 3.05) is 19.6 Å². The highest BCUT2D eigenvalue weighted by molar-refractivity contribution is 6.36. The number of amides is 2. The molecular formula is C23H25Cl2N3O3. The lowest BCUT2D eigenvalue weighted by molar-refractivity contribution is 0.0259. The Balaban J connectivity index is 1.49. The number of ether oxygens (including phenoxy) is 1. The number of hydrogen-bond acceptors (Lipinski definition) is 4. The lowest BCUT2D eigenvalue weighted by atomic mass is 9.94. The number of carbonyl (C=O) groups excluding carboxylic acids is 2. The average Bonchev–Trinajstić information content (AvgIpc) is 3.05. The van der Waals surface area contributed by atoms with E-state index in [2.05, 4.69) is 10.3 Å². The molecule has 1 aromatic heterocycles. The SMILES string of the molecule is CC(C)(C)OC(=O)N1CC2C(C1)C2(CNC(=O)c1ccc(Cl)cc1Cl)c1ccccn1. The van der Waals surface area contributed by atoms with E-state index in [1.54, 1.807) is 29.3 Å². The molecule has 2 aromatic rings. The van der Waals surface area contributed by atoms with Crippen molar-refractivity contribution in [3.05, 3.63) is 63.9 Å². The number of benzene rings is 1. The molecule has 2 unspecified atom stereocenters. The molecule has 164 valence electrons. The Morgan fingerprint density at radius 2 is 1.90 bits per heavy atom. The Morgan fingerprint density at radius 3 is 2.48 bits per heavy atom. The summed E-state index contributed by atoms with van der Waals surface area (Å²) in [5, 5.41) is 3.82. The topological polar surface area (TPSA) is 71.5 Å². The van der Waals surface area contributed by atoms with Gasteiger partial charge in [-0.2, -0.15) is 0 Å². The number of fused-ring (bicyclic) bond motifs is 1. The third-order valence-electron chi connectivity index (χ3n) is 6.04. The van der Waals surface area contributed by atoms with Gasteiger partial charge in [0, 0.05) is 42.0 Å². The lowest BCUT2D eigenvalue weighted by Gasteiger charge is -2.29. The highest BCUT2D eigenvalue weighted by atomic mass is 35.5. The Bertz CT molecular complexity index is 995. The van der Waals surface area contributed by atoms with Gasteiger partial charge in [-0.25, -0.2) is 4.79 Å². The van der Waals surface area contributed by atoms with Gasteiger partial charge in [-0.3, -0.25) is 9.78 Å². The summed E-state index contributed by atoms with van der Waals surface area (Å²) in [6, 6.07) is 10.6. The zero-order valence-electron chi connectivity index (χ0n) is 17.7. The molecule has 1 N–H and O–H groups in total. The van der Waals surface area contributed by atoms with Gasteiger partial charge in [-0.1, -0.05) is 29.3 Å². The van der Waals surface area contributed by atoms with Crippen LogP contribution < -0.4 is 5.32 Å². The van der Waals surface area contributed by atoms with Gasteiger partial charge in [0.1, 0.15) is 5.60 Å². The van der Waals surface area contributed by atoms with Crippen LogP contribution in [0.3, 0.4) is 0 Å². The van der Waals surface area contributed by atoms with Gasteiger partial charge < -0.3 is 15.0 Å². The summed E-state index contributed by atoms with van der Waals surface area (Å²) in [6.07, 6.45) is 1.46. The monoisotopic (exact) mass is 461 g/mol. The van der Waals surface area contributed by atoms with Crippen molar-refractivity contribution in [1.29, 1.82) is 0 Å². The number of piperidine rings is 1. The van der Waals surface area contributed by atoms with E-state index in [1.807, 2.05) is 39.0 Å². The molecule has 2 aliphatic rings. The first-order valence-corrected chi connectivity index (χ1v) is 11.0. The summed E-state index contributed by atoms with van der Waals surface area (Å²) in [5.74, 6) is 0.151. The van der Waals surface area contributed by atoms with Gasteiger partial charge in [-0.05, 0) is 62.9 Å².